The van der Waals surface area contributed by atoms with Gasteiger partial charge in [-0.2, -0.15) is 0 Å². The Morgan fingerprint density at radius 1 is 1.07 bits per heavy atom. The molecule has 2 heterocycles. The Morgan fingerprint density at radius 3 is 2.60 bits per heavy atom. The van der Waals surface area contributed by atoms with Crippen molar-refractivity contribution in [1.82, 2.24) is 25.2 Å². The van der Waals surface area contributed by atoms with Crippen molar-refractivity contribution in [3.8, 4) is 11.3 Å². The summed E-state index contributed by atoms with van der Waals surface area (Å²) < 4.78 is 0. The molecule has 6 nitrogen and oxygen atoms in total. The molecule has 0 fully saturated rings. The van der Waals surface area contributed by atoms with Gasteiger partial charge < -0.3 is 20.2 Å². The van der Waals surface area contributed by atoms with Crippen molar-refractivity contribution in [3.05, 3.63) is 78.4 Å². The molecule has 30 heavy (non-hydrogen) atoms. The second kappa shape index (κ2) is 10.3. The summed E-state index contributed by atoms with van der Waals surface area (Å²) >= 11 is 0. The Hall–Kier alpha value is -2.81. The van der Waals surface area contributed by atoms with E-state index in [2.05, 4.69) is 72.6 Å². The number of para-hydroxylation sites is 1. The third kappa shape index (κ3) is 5.21. The Morgan fingerprint density at radius 2 is 1.83 bits per heavy atom. The number of fused-ring (bicyclic) bond motifs is 1. The molecule has 2 aromatic carbocycles. The molecule has 0 saturated heterocycles. The number of guanidine groups is 1. The number of benzene rings is 2. The standard InChI is InChI=1S/C23H26N6.HI/c1-24-23(25-13-12-19-14-18-10-6-7-11-20(18)27-19)29(2)16-22-26-15-21(28-22)17-8-4-3-5-9-17;/h3-11,14-15,27H,12-13,16H2,1-2H3,(H,24,25)(H,26,28);1H. The van der Waals surface area contributed by atoms with Crippen molar-refractivity contribution in [2.24, 2.45) is 4.99 Å². The van der Waals surface area contributed by atoms with E-state index >= 15 is 0 Å². The van der Waals surface area contributed by atoms with Gasteiger partial charge in [0.05, 0.1) is 18.4 Å². The topological polar surface area (TPSA) is 72.1 Å². The molecule has 0 aliphatic rings. The third-order valence-electron chi connectivity index (χ3n) is 4.94. The highest BCUT2D eigenvalue weighted by Crippen LogP contribution is 2.17. The molecule has 0 aliphatic heterocycles. The number of hydrogen-bond donors (Lipinski definition) is 3. The molecule has 4 aromatic rings. The third-order valence-corrected chi connectivity index (χ3v) is 4.94. The van der Waals surface area contributed by atoms with E-state index in [1.807, 2.05) is 31.4 Å². The zero-order valence-electron chi connectivity index (χ0n) is 17.2. The summed E-state index contributed by atoms with van der Waals surface area (Å²) in [4.78, 5) is 17.8. The molecule has 0 bridgehead atoms. The zero-order chi connectivity index (χ0) is 20.1. The molecule has 0 saturated carbocycles. The van der Waals surface area contributed by atoms with Gasteiger partial charge in [0.15, 0.2) is 5.96 Å². The fraction of sp³-hybridized carbons (Fsp3) is 0.217. The number of aromatic nitrogens is 3. The van der Waals surface area contributed by atoms with Crippen LogP contribution in [0.15, 0.2) is 71.9 Å². The lowest BCUT2D eigenvalue weighted by Gasteiger charge is -2.21. The van der Waals surface area contributed by atoms with Crippen LogP contribution in [0, 0.1) is 0 Å². The lowest BCUT2D eigenvalue weighted by molar-refractivity contribution is 0.464. The average molecular weight is 514 g/mol. The minimum Gasteiger partial charge on any atom is -0.358 e. The fourth-order valence-corrected chi connectivity index (χ4v) is 3.47. The normalized spacial score (nSPS) is 11.3. The first kappa shape index (κ1) is 21.9. The van der Waals surface area contributed by atoms with Crippen molar-refractivity contribution in [1.29, 1.82) is 0 Å². The van der Waals surface area contributed by atoms with E-state index in [0.29, 0.717) is 6.54 Å². The maximum Gasteiger partial charge on any atom is 0.193 e. The number of aromatic amines is 2. The Labute approximate surface area is 193 Å². The number of halogens is 1. The second-order valence-corrected chi connectivity index (χ2v) is 7.07. The summed E-state index contributed by atoms with van der Waals surface area (Å²) in [6, 6.07) is 20.8. The SMILES string of the molecule is CN=C(NCCc1cc2ccccc2[nH]1)N(C)Cc1ncc(-c2ccccc2)[nH]1.I. The predicted octanol–water partition coefficient (Wildman–Crippen LogP) is 4.43. The lowest BCUT2D eigenvalue weighted by atomic mass is 10.2. The average Bonchev–Trinajstić information content (AvgIpc) is 3.38. The highest BCUT2D eigenvalue weighted by atomic mass is 127. The number of hydrogen-bond acceptors (Lipinski definition) is 2. The van der Waals surface area contributed by atoms with Crippen LogP contribution in [0.3, 0.4) is 0 Å². The summed E-state index contributed by atoms with van der Waals surface area (Å²) in [7, 11) is 3.82. The van der Waals surface area contributed by atoms with Crippen LogP contribution in [0.25, 0.3) is 22.2 Å². The first-order chi connectivity index (χ1) is 14.2. The predicted molar refractivity (Wildman–Crippen MR) is 134 cm³/mol. The van der Waals surface area contributed by atoms with Crippen LogP contribution < -0.4 is 5.32 Å². The number of aliphatic imine (C=N–C) groups is 1. The fourth-order valence-electron chi connectivity index (χ4n) is 3.47. The molecule has 0 spiro atoms. The molecule has 4 rings (SSSR count). The van der Waals surface area contributed by atoms with E-state index in [1.54, 1.807) is 7.05 Å². The van der Waals surface area contributed by atoms with Gasteiger partial charge in [-0.3, -0.25) is 4.99 Å². The van der Waals surface area contributed by atoms with Crippen LogP contribution in [0.1, 0.15) is 11.5 Å². The smallest absolute Gasteiger partial charge is 0.193 e. The van der Waals surface area contributed by atoms with Gasteiger partial charge >= 0.3 is 0 Å². The molecule has 7 heteroatoms. The van der Waals surface area contributed by atoms with Crippen LogP contribution in [-0.4, -0.2) is 46.5 Å². The molecule has 3 N–H and O–H groups in total. The van der Waals surface area contributed by atoms with E-state index in [0.717, 1.165) is 36.0 Å². The van der Waals surface area contributed by atoms with Gasteiger partial charge in [-0.25, -0.2) is 4.98 Å². The Kier molecular flexibility index (Phi) is 7.51. The molecular weight excluding hydrogens is 487 g/mol. The highest BCUT2D eigenvalue weighted by molar-refractivity contribution is 14.0. The van der Waals surface area contributed by atoms with Gasteiger partial charge in [0.2, 0.25) is 0 Å². The van der Waals surface area contributed by atoms with Crippen molar-refractivity contribution < 1.29 is 0 Å². The first-order valence-corrected chi connectivity index (χ1v) is 9.80. The van der Waals surface area contributed by atoms with Gasteiger partial charge in [-0.15, -0.1) is 24.0 Å². The largest absolute Gasteiger partial charge is 0.358 e. The van der Waals surface area contributed by atoms with E-state index in [1.165, 1.54) is 16.6 Å². The number of rotatable bonds is 6. The van der Waals surface area contributed by atoms with Crippen LogP contribution in [0.2, 0.25) is 0 Å². The van der Waals surface area contributed by atoms with Gasteiger partial charge in [-0.1, -0.05) is 48.5 Å². The van der Waals surface area contributed by atoms with Crippen LogP contribution in [-0.2, 0) is 13.0 Å². The molecule has 0 atom stereocenters. The molecule has 156 valence electrons. The molecule has 0 aliphatic carbocycles. The summed E-state index contributed by atoms with van der Waals surface area (Å²) in [5.41, 5.74) is 4.55. The van der Waals surface area contributed by atoms with Gasteiger partial charge in [0, 0.05) is 38.3 Å². The molecule has 0 radical (unpaired) electrons. The monoisotopic (exact) mass is 514 g/mol. The van der Waals surface area contributed by atoms with Gasteiger partial charge in [0.25, 0.3) is 0 Å². The Bertz CT molecular complexity index is 1070. The summed E-state index contributed by atoms with van der Waals surface area (Å²) in [6.07, 6.45) is 2.78. The minimum atomic E-state index is 0. The van der Waals surface area contributed by atoms with Gasteiger partial charge in [-0.05, 0) is 23.1 Å². The molecular formula is C23H27IN6. The van der Waals surface area contributed by atoms with Gasteiger partial charge in [0.1, 0.15) is 5.82 Å². The van der Waals surface area contributed by atoms with Crippen LogP contribution >= 0.6 is 24.0 Å². The van der Waals surface area contributed by atoms with Crippen molar-refractivity contribution in [2.45, 2.75) is 13.0 Å². The zero-order valence-corrected chi connectivity index (χ0v) is 19.6. The molecule has 0 unspecified atom stereocenters. The number of H-pyrrole nitrogens is 2. The lowest BCUT2D eigenvalue weighted by Crippen LogP contribution is -2.39. The van der Waals surface area contributed by atoms with Crippen molar-refractivity contribution in [2.75, 3.05) is 20.6 Å². The maximum absolute atomic E-state index is 4.52. The van der Waals surface area contributed by atoms with E-state index in [9.17, 15) is 0 Å². The summed E-state index contributed by atoms with van der Waals surface area (Å²) in [5.74, 6) is 1.75. The van der Waals surface area contributed by atoms with Crippen molar-refractivity contribution in [3.63, 3.8) is 0 Å². The Balaban J connectivity index is 0.00000256. The van der Waals surface area contributed by atoms with Crippen molar-refractivity contribution >= 4 is 40.8 Å². The van der Waals surface area contributed by atoms with Crippen LogP contribution in [0.5, 0.6) is 0 Å². The quantitative estimate of drug-likeness (QED) is 0.203. The van der Waals surface area contributed by atoms with E-state index in [-0.39, 0.29) is 24.0 Å². The summed E-state index contributed by atoms with van der Waals surface area (Å²) in [6.45, 7) is 1.45. The minimum absolute atomic E-state index is 0. The number of nitrogens with one attached hydrogen (secondary N) is 3. The molecule has 2 aromatic heterocycles. The van der Waals surface area contributed by atoms with Crippen LogP contribution in [0.4, 0.5) is 0 Å². The highest BCUT2D eigenvalue weighted by Gasteiger charge is 2.10. The molecule has 0 amide bonds. The first-order valence-electron chi connectivity index (χ1n) is 9.80. The number of nitrogens with zero attached hydrogens (tertiary/aromatic N) is 3. The maximum atomic E-state index is 4.52. The summed E-state index contributed by atoms with van der Waals surface area (Å²) in [5, 5.41) is 4.68. The second-order valence-electron chi connectivity index (χ2n) is 7.07. The van der Waals surface area contributed by atoms with E-state index < -0.39 is 0 Å². The number of imidazole rings is 1. The van der Waals surface area contributed by atoms with E-state index in [4.69, 9.17) is 0 Å².